The van der Waals surface area contributed by atoms with Gasteiger partial charge >= 0.3 is 0 Å². The van der Waals surface area contributed by atoms with Crippen molar-refractivity contribution in [3.63, 3.8) is 0 Å². The molecule has 0 unspecified atom stereocenters. The minimum Gasteiger partial charge on any atom is -0.508 e. The quantitative estimate of drug-likeness (QED) is 0.873. The zero-order valence-electron chi connectivity index (χ0n) is 13.0. The van der Waals surface area contributed by atoms with Crippen LogP contribution in [0.5, 0.6) is 5.75 Å². The first-order valence-electron chi connectivity index (χ1n) is 8.65. The van der Waals surface area contributed by atoms with Crippen molar-refractivity contribution in [2.24, 2.45) is 23.2 Å². The zero-order valence-corrected chi connectivity index (χ0v) is 13.0. The van der Waals surface area contributed by atoms with E-state index in [1.54, 1.807) is 6.07 Å². The first-order valence-corrected chi connectivity index (χ1v) is 8.65. The number of hydrogen-bond donors (Lipinski definition) is 2. The lowest BCUT2D eigenvalue weighted by Crippen LogP contribution is -2.54. The van der Waals surface area contributed by atoms with E-state index in [0.29, 0.717) is 17.2 Å². The number of aromatic hydroxyl groups is 1. The monoisotopic (exact) mass is 285 g/mol. The molecule has 0 spiro atoms. The van der Waals surface area contributed by atoms with E-state index < -0.39 is 0 Å². The third-order valence-corrected chi connectivity index (χ3v) is 6.59. The molecule has 1 aromatic rings. The van der Waals surface area contributed by atoms with Crippen molar-refractivity contribution < 1.29 is 5.11 Å². The molecule has 4 saturated carbocycles. The Morgan fingerprint density at radius 1 is 1.10 bits per heavy atom. The molecule has 0 amide bonds. The summed E-state index contributed by atoms with van der Waals surface area (Å²) in [7, 11) is 0. The molecule has 21 heavy (non-hydrogen) atoms. The number of nitrogens with one attached hydrogen (secondary N) is 1. The average molecular weight is 285 g/mol. The number of rotatable bonds is 4. The van der Waals surface area contributed by atoms with E-state index in [1.807, 2.05) is 18.2 Å². The van der Waals surface area contributed by atoms with Crippen LogP contribution in [0.25, 0.3) is 0 Å². The van der Waals surface area contributed by atoms with Gasteiger partial charge in [-0.2, -0.15) is 0 Å². The number of benzene rings is 1. The molecule has 0 heterocycles. The molecule has 0 saturated heterocycles. The van der Waals surface area contributed by atoms with Crippen molar-refractivity contribution >= 4 is 0 Å². The fourth-order valence-corrected chi connectivity index (χ4v) is 5.85. The predicted octanol–water partition coefficient (Wildman–Crippen LogP) is 4.09. The number of hydrogen-bond acceptors (Lipinski definition) is 2. The normalized spacial score (nSPS) is 38.6. The van der Waals surface area contributed by atoms with E-state index in [0.717, 1.165) is 29.9 Å². The second-order valence-electron chi connectivity index (χ2n) is 8.01. The highest BCUT2D eigenvalue weighted by molar-refractivity contribution is 5.31. The average Bonchev–Trinajstić information content (AvgIpc) is 2.44. The lowest BCUT2D eigenvalue weighted by Gasteiger charge is -2.59. The third kappa shape index (κ3) is 2.38. The highest BCUT2D eigenvalue weighted by atomic mass is 16.3. The van der Waals surface area contributed by atoms with E-state index in [-0.39, 0.29) is 0 Å². The van der Waals surface area contributed by atoms with Crippen LogP contribution in [0.15, 0.2) is 24.3 Å². The molecular weight excluding hydrogens is 258 g/mol. The van der Waals surface area contributed by atoms with E-state index in [1.165, 1.54) is 38.5 Å². The zero-order chi connectivity index (χ0) is 14.4. The number of phenols is 1. The van der Waals surface area contributed by atoms with Crippen molar-refractivity contribution in [2.45, 2.75) is 58.0 Å². The summed E-state index contributed by atoms with van der Waals surface area (Å²) in [4.78, 5) is 0. The maximum absolute atomic E-state index is 9.92. The van der Waals surface area contributed by atoms with Crippen LogP contribution in [-0.2, 0) is 6.54 Å². The van der Waals surface area contributed by atoms with Crippen LogP contribution in [0.2, 0.25) is 0 Å². The Balaban J connectivity index is 1.45. The van der Waals surface area contributed by atoms with Gasteiger partial charge in [0, 0.05) is 18.2 Å². The molecule has 4 aliphatic rings. The first kappa shape index (κ1) is 13.6. The van der Waals surface area contributed by atoms with Crippen LogP contribution >= 0.6 is 0 Å². The van der Waals surface area contributed by atoms with Crippen molar-refractivity contribution in [2.75, 3.05) is 0 Å². The van der Waals surface area contributed by atoms with Gasteiger partial charge in [0.25, 0.3) is 0 Å². The van der Waals surface area contributed by atoms with Gasteiger partial charge in [-0.15, -0.1) is 0 Å². The second kappa shape index (κ2) is 5.01. The van der Waals surface area contributed by atoms with Gasteiger partial charge in [0.2, 0.25) is 0 Å². The Hall–Kier alpha value is -1.02. The number of para-hydroxylation sites is 1. The van der Waals surface area contributed by atoms with Crippen LogP contribution in [0.4, 0.5) is 0 Å². The molecule has 4 bridgehead atoms. The Kier molecular flexibility index (Phi) is 3.25. The van der Waals surface area contributed by atoms with Gasteiger partial charge < -0.3 is 10.4 Å². The summed E-state index contributed by atoms with van der Waals surface area (Å²) in [5, 5.41) is 13.7. The Labute approximate surface area is 128 Å². The largest absolute Gasteiger partial charge is 0.508 e. The molecule has 2 N–H and O–H groups in total. The fraction of sp³-hybridized carbons (Fsp3) is 0.684. The fourth-order valence-electron chi connectivity index (χ4n) is 5.85. The molecule has 4 aliphatic carbocycles. The van der Waals surface area contributed by atoms with E-state index in [9.17, 15) is 5.11 Å². The van der Waals surface area contributed by atoms with Gasteiger partial charge in [0.1, 0.15) is 5.75 Å². The SMILES string of the molecule is C[C@H](NCc1ccccc1O)C12CC3CC(CC(C3)C1)C2. The summed E-state index contributed by atoms with van der Waals surface area (Å²) in [5.41, 5.74) is 1.56. The molecular formula is C19H27NO. The van der Waals surface area contributed by atoms with E-state index in [2.05, 4.69) is 12.2 Å². The first-order chi connectivity index (χ1) is 10.1. The molecule has 2 nitrogen and oxygen atoms in total. The lowest BCUT2D eigenvalue weighted by molar-refractivity contribution is -0.0706. The smallest absolute Gasteiger partial charge is 0.120 e. The second-order valence-corrected chi connectivity index (χ2v) is 8.01. The van der Waals surface area contributed by atoms with E-state index >= 15 is 0 Å². The predicted molar refractivity (Wildman–Crippen MR) is 85.0 cm³/mol. The summed E-state index contributed by atoms with van der Waals surface area (Å²) in [6.45, 7) is 3.17. The van der Waals surface area contributed by atoms with Gasteiger partial charge in [-0.1, -0.05) is 18.2 Å². The minimum absolute atomic E-state index is 0.419. The van der Waals surface area contributed by atoms with Crippen molar-refractivity contribution in [1.29, 1.82) is 0 Å². The Morgan fingerprint density at radius 2 is 1.67 bits per heavy atom. The highest BCUT2D eigenvalue weighted by Crippen LogP contribution is 2.61. The molecule has 0 radical (unpaired) electrons. The standard InChI is InChI=1S/C19H27NO/c1-13(20-12-17-4-2-3-5-18(17)21)19-9-14-6-15(10-19)8-16(7-14)11-19/h2-5,13-16,20-21H,6-12H2,1H3/t13-,14?,15?,16?,19?/m0/s1. The Morgan fingerprint density at radius 3 is 2.24 bits per heavy atom. The van der Waals surface area contributed by atoms with Crippen molar-refractivity contribution in [3.8, 4) is 5.75 Å². The van der Waals surface area contributed by atoms with Crippen LogP contribution < -0.4 is 5.32 Å². The number of phenolic OH excluding ortho intramolecular Hbond substituents is 1. The lowest BCUT2D eigenvalue weighted by atomic mass is 9.48. The summed E-state index contributed by atoms with van der Waals surface area (Å²) in [6.07, 6.45) is 8.83. The Bertz CT molecular complexity index is 489. The van der Waals surface area contributed by atoms with Gasteiger partial charge in [-0.25, -0.2) is 0 Å². The van der Waals surface area contributed by atoms with Gasteiger partial charge in [-0.3, -0.25) is 0 Å². The molecule has 1 aromatic carbocycles. The summed E-state index contributed by atoms with van der Waals surface area (Å²) in [6, 6.07) is 8.26. The molecule has 4 fully saturated rings. The van der Waals surface area contributed by atoms with Gasteiger partial charge in [-0.05, 0) is 74.7 Å². The van der Waals surface area contributed by atoms with Gasteiger partial charge in [0.15, 0.2) is 0 Å². The summed E-state index contributed by atoms with van der Waals surface area (Å²) in [5.74, 6) is 3.43. The maximum Gasteiger partial charge on any atom is 0.120 e. The van der Waals surface area contributed by atoms with E-state index in [4.69, 9.17) is 0 Å². The molecule has 114 valence electrons. The third-order valence-electron chi connectivity index (χ3n) is 6.59. The van der Waals surface area contributed by atoms with Crippen molar-refractivity contribution in [1.82, 2.24) is 5.32 Å². The summed E-state index contributed by atoms with van der Waals surface area (Å²) < 4.78 is 0. The van der Waals surface area contributed by atoms with Crippen molar-refractivity contribution in [3.05, 3.63) is 29.8 Å². The minimum atomic E-state index is 0.419. The molecule has 2 heteroatoms. The van der Waals surface area contributed by atoms with Crippen LogP contribution in [0, 0.1) is 23.2 Å². The van der Waals surface area contributed by atoms with Crippen LogP contribution in [0.3, 0.4) is 0 Å². The van der Waals surface area contributed by atoms with Gasteiger partial charge in [0.05, 0.1) is 0 Å². The molecule has 0 aliphatic heterocycles. The van der Waals surface area contributed by atoms with Crippen LogP contribution in [-0.4, -0.2) is 11.1 Å². The molecule has 5 rings (SSSR count). The molecule has 0 aromatic heterocycles. The van der Waals surface area contributed by atoms with Crippen LogP contribution in [0.1, 0.15) is 51.0 Å². The molecule has 1 atom stereocenters. The summed E-state index contributed by atoms with van der Waals surface area (Å²) >= 11 is 0. The maximum atomic E-state index is 9.92. The topological polar surface area (TPSA) is 32.3 Å². The highest BCUT2D eigenvalue weighted by Gasteiger charge is 2.52.